The van der Waals surface area contributed by atoms with Gasteiger partial charge in [-0.3, -0.25) is 0 Å². The van der Waals surface area contributed by atoms with Crippen LogP contribution in [0, 0.1) is 0 Å². The van der Waals surface area contributed by atoms with Crippen molar-refractivity contribution in [2.45, 2.75) is 0 Å². The Kier molecular flexibility index (Phi) is 3.01. The smallest absolute Gasteiger partial charge is 0.449 e. The minimum atomic E-state index is -1.48. The Hall–Kier alpha value is -2.76. The maximum Gasteiger partial charge on any atom is 0.511 e. The van der Waals surface area contributed by atoms with Crippen LogP contribution >= 0.6 is 0 Å². The molecule has 0 fully saturated rings. The summed E-state index contributed by atoms with van der Waals surface area (Å²) < 4.78 is 9.08. The average Bonchev–Trinajstić information content (AvgIpc) is 2.27. The van der Waals surface area contributed by atoms with Gasteiger partial charge in [0.05, 0.1) is 0 Å². The number of ether oxygens (including phenoxy) is 2. The zero-order valence-electron chi connectivity index (χ0n) is 8.99. The van der Waals surface area contributed by atoms with Crippen LogP contribution < -0.4 is 9.47 Å². The van der Waals surface area contributed by atoms with Crippen molar-refractivity contribution in [2.24, 2.45) is 0 Å². The van der Waals surface area contributed by atoms with Gasteiger partial charge in [-0.05, 0) is 11.5 Å². The Morgan fingerprint density at radius 1 is 0.944 bits per heavy atom. The Labute approximate surface area is 101 Å². The molecule has 0 aliphatic heterocycles. The Balaban J connectivity index is 2.56. The van der Waals surface area contributed by atoms with E-state index in [1.54, 1.807) is 24.3 Å². The van der Waals surface area contributed by atoms with E-state index in [1.807, 2.05) is 0 Å². The topological polar surface area (TPSA) is 93.1 Å². The largest absolute Gasteiger partial charge is 0.511 e. The molecule has 2 rings (SSSR count). The summed E-state index contributed by atoms with van der Waals surface area (Å²) in [5.74, 6) is 0.0225. The molecule has 18 heavy (non-hydrogen) atoms. The summed E-state index contributed by atoms with van der Waals surface area (Å²) in [5, 5.41) is 18.3. The number of fused-ring (bicyclic) bond motifs is 1. The second kappa shape index (κ2) is 4.62. The summed E-state index contributed by atoms with van der Waals surface area (Å²) in [5.41, 5.74) is 0. The molecule has 2 aromatic rings. The minimum absolute atomic E-state index is 0.00236. The number of hydrogen-bond acceptors (Lipinski definition) is 4. The van der Waals surface area contributed by atoms with Gasteiger partial charge < -0.3 is 19.7 Å². The molecule has 0 radical (unpaired) electrons. The van der Waals surface area contributed by atoms with Crippen LogP contribution in [-0.2, 0) is 0 Å². The van der Waals surface area contributed by atoms with Gasteiger partial charge in [-0.2, -0.15) is 0 Å². The maximum absolute atomic E-state index is 10.6. The average molecular weight is 248 g/mol. The fourth-order valence-corrected chi connectivity index (χ4v) is 1.59. The Bertz CT molecular complexity index is 619. The lowest BCUT2D eigenvalue weighted by molar-refractivity contribution is 0.143. The van der Waals surface area contributed by atoms with Crippen molar-refractivity contribution in [1.29, 1.82) is 0 Å². The molecule has 0 saturated heterocycles. The zero-order valence-corrected chi connectivity index (χ0v) is 8.99. The monoisotopic (exact) mass is 248 g/mol. The van der Waals surface area contributed by atoms with Gasteiger partial charge in [0, 0.05) is 11.5 Å². The first kappa shape index (κ1) is 11.7. The summed E-state index contributed by atoms with van der Waals surface area (Å²) in [6, 6.07) is 9.51. The number of benzene rings is 2. The standard InChI is InChI=1S/C12H8O6/c13-11(14)17-8-5-7-3-1-2-4-9(7)10(6-8)18-12(15)16/h1-6H,(H,13,14)(H,15,16). The number of carbonyl (C=O) groups is 2. The van der Waals surface area contributed by atoms with E-state index in [1.165, 1.54) is 12.1 Å². The molecular formula is C12H8O6. The van der Waals surface area contributed by atoms with Crippen molar-refractivity contribution >= 4 is 23.1 Å². The van der Waals surface area contributed by atoms with Crippen LogP contribution in [0.1, 0.15) is 0 Å². The van der Waals surface area contributed by atoms with Crippen LogP contribution in [0.25, 0.3) is 10.8 Å². The molecular weight excluding hydrogens is 240 g/mol. The van der Waals surface area contributed by atoms with Crippen LogP contribution in [0.4, 0.5) is 9.59 Å². The minimum Gasteiger partial charge on any atom is -0.449 e. The zero-order chi connectivity index (χ0) is 13.1. The summed E-state index contributed by atoms with van der Waals surface area (Å²) in [6.45, 7) is 0. The van der Waals surface area contributed by atoms with Crippen molar-refractivity contribution in [1.82, 2.24) is 0 Å². The second-order valence-electron chi connectivity index (χ2n) is 3.38. The molecule has 0 unspecified atom stereocenters. The molecule has 0 atom stereocenters. The lowest BCUT2D eigenvalue weighted by atomic mass is 10.1. The SMILES string of the molecule is O=C(O)Oc1cc(OC(=O)O)c2ccccc2c1. The molecule has 0 saturated carbocycles. The molecule has 0 amide bonds. The first-order valence-electron chi connectivity index (χ1n) is 4.90. The normalized spacial score (nSPS) is 10.0. The fourth-order valence-electron chi connectivity index (χ4n) is 1.59. The van der Waals surface area contributed by atoms with Gasteiger partial charge >= 0.3 is 12.3 Å². The third-order valence-corrected chi connectivity index (χ3v) is 2.20. The van der Waals surface area contributed by atoms with Crippen LogP contribution in [-0.4, -0.2) is 22.5 Å². The van der Waals surface area contributed by atoms with E-state index >= 15 is 0 Å². The van der Waals surface area contributed by atoms with Gasteiger partial charge in [0.15, 0.2) is 0 Å². The molecule has 0 spiro atoms. The van der Waals surface area contributed by atoms with Gasteiger partial charge in [0.1, 0.15) is 11.5 Å². The van der Waals surface area contributed by atoms with Crippen molar-refractivity contribution in [2.75, 3.05) is 0 Å². The van der Waals surface area contributed by atoms with E-state index in [2.05, 4.69) is 9.47 Å². The van der Waals surface area contributed by atoms with E-state index in [0.29, 0.717) is 10.8 Å². The van der Waals surface area contributed by atoms with Gasteiger partial charge in [-0.25, -0.2) is 9.59 Å². The van der Waals surface area contributed by atoms with E-state index in [0.717, 1.165) is 0 Å². The third-order valence-electron chi connectivity index (χ3n) is 2.20. The predicted molar refractivity (Wildman–Crippen MR) is 61.3 cm³/mol. The molecule has 0 aliphatic rings. The number of carboxylic acid groups (broad SMARTS) is 2. The highest BCUT2D eigenvalue weighted by Gasteiger charge is 2.11. The molecule has 0 aromatic heterocycles. The van der Waals surface area contributed by atoms with Crippen molar-refractivity contribution in [3.05, 3.63) is 36.4 Å². The van der Waals surface area contributed by atoms with Crippen LogP contribution in [0.5, 0.6) is 11.5 Å². The highest BCUT2D eigenvalue weighted by Crippen LogP contribution is 2.31. The Morgan fingerprint density at radius 2 is 1.61 bits per heavy atom. The van der Waals surface area contributed by atoms with E-state index in [9.17, 15) is 9.59 Å². The number of hydrogen-bond donors (Lipinski definition) is 2. The Morgan fingerprint density at radius 3 is 2.28 bits per heavy atom. The molecule has 2 N–H and O–H groups in total. The first-order valence-corrected chi connectivity index (χ1v) is 4.90. The molecule has 0 heterocycles. The van der Waals surface area contributed by atoms with Gasteiger partial charge in [-0.15, -0.1) is 0 Å². The van der Waals surface area contributed by atoms with E-state index < -0.39 is 12.3 Å². The molecule has 6 heteroatoms. The molecule has 6 nitrogen and oxygen atoms in total. The first-order chi connectivity index (χ1) is 8.56. The highest BCUT2D eigenvalue weighted by atomic mass is 16.7. The van der Waals surface area contributed by atoms with E-state index in [4.69, 9.17) is 10.2 Å². The third kappa shape index (κ3) is 2.49. The summed E-state index contributed by atoms with van der Waals surface area (Å²) in [6.07, 6.45) is -2.96. The molecule has 0 bridgehead atoms. The van der Waals surface area contributed by atoms with E-state index in [-0.39, 0.29) is 11.5 Å². The van der Waals surface area contributed by atoms with Crippen molar-refractivity contribution in [3.63, 3.8) is 0 Å². The maximum atomic E-state index is 10.6. The summed E-state index contributed by atoms with van der Waals surface area (Å²) in [7, 11) is 0. The van der Waals surface area contributed by atoms with Crippen molar-refractivity contribution < 1.29 is 29.3 Å². The van der Waals surface area contributed by atoms with Gasteiger partial charge in [-0.1, -0.05) is 24.3 Å². The number of rotatable bonds is 2. The van der Waals surface area contributed by atoms with Crippen molar-refractivity contribution in [3.8, 4) is 11.5 Å². The fraction of sp³-hybridized carbons (Fsp3) is 0. The van der Waals surface area contributed by atoms with Crippen LogP contribution in [0.3, 0.4) is 0 Å². The van der Waals surface area contributed by atoms with Gasteiger partial charge in [0.25, 0.3) is 0 Å². The van der Waals surface area contributed by atoms with Crippen LogP contribution in [0.15, 0.2) is 36.4 Å². The second-order valence-corrected chi connectivity index (χ2v) is 3.38. The summed E-state index contributed by atoms with van der Waals surface area (Å²) >= 11 is 0. The predicted octanol–water partition coefficient (Wildman–Crippen LogP) is 2.95. The lowest BCUT2D eigenvalue weighted by Crippen LogP contribution is -2.06. The molecule has 92 valence electrons. The van der Waals surface area contributed by atoms with Crippen LogP contribution in [0.2, 0.25) is 0 Å². The summed E-state index contributed by atoms with van der Waals surface area (Å²) in [4.78, 5) is 21.0. The van der Waals surface area contributed by atoms with Gasteiger partial charge in [0.2, 0.25) is 0 Å². The molecule has 0 aliphatic carbocycles. The molecule has 2 aromatic carbocycles. The quantitative estimate of drug-likeness (QED) is 0.626. The lowest BCUT2D eigenvalue weighted by Gasteiger charge is -2.07. The highest BCUT2D eigenvalue weighted by molar-refractivity contribution is 5.91.